The van der Waals surface area contributed by atoms with E-state index in [1.807, 2.05) is 18.7 Å². The van der Waals surface area contributed by atoms with E-state index in [0.29, 0.717) is 0 Å². The lowest BCUT2D eigenvalue weighted by atomic mass is 10.2. The molecule has 22 heavy (non-hydrogen) atoms. The monoisotopic (exact) mass is 296 g/mol. The van der Waals surface area contributed by atoms with Crippen LogP contribution in [0.1, 0.15) is 5.56 Å². The van der Waals surface area contributed by atoms with Crippen LogP contribution in [0.25, 0.3) is 6.08 Å². The zero-order valence-electron chi connectivity index (χ0n) is 13.0. The van der Waals surface area contributed by atoms with Gasteiger partial charge in [0.2, 0.25) is 0 Å². The lowest BCUT2D eigenvalue weighted by molar-refractivity contribution is 0.139. The van der Waals surface area contributed by atoms with Crippen molar-refractivity contribution in [1.29, 1.82) is 0 Å². The van der Waals surface area contributed by atoms with Crippen molar-refractivity contribution in [3.8, 4) is 0 Å². The normalized spacial score (nSPS) is 17.3. The smallest absolute Gasteiger partial charge is 0.0946 e. The van der Waals surface area contributed by atoms with Gasteiger partial charge in [0.05, 0.1) is 6.33 Å². The lowest BCUT2D eigenvalue weighted by Crippen LogP contribution is -2.47. The van der Waals surface area contributed by atoms with Crippen LogP contribution in [0.15, 0.2) is 55.1 Å². The summed E-state index contributed by atoms with van der Waals surface area (Å²) in [4.78, 5) is 9.15. The highest BCUT2D eigenvalue weighted by Gasteiger charge is 2.15. The van der Waals surface area contributed by atoms with Gasteiger partial charge in [0.1, 0.15) is 0 Å². The van der Waals surface area contributed by atoms with Crippen molar-refractivity contribution in [2.45, 2.75) is 6.54 Å². The Morgan fingerprint density at radius 3 is 2.45 bits per heavy atom. The molecule has 1 aliphatic heterocycles. The molecule has 4 nitrogen and oxygen atoms in total. The van der Waals surface area contributed by atoms with E-state index in [2.05, 4.69) is 61.8 Å². The van der Waals surface area contributed by atoms with Crippen molar-refractivity contribution in [3.63, 3.8) is 0 Å². The summed E-state index contributed by atoms with van der Waals surface area (Å²) in [7, 11) is 0. The lowest BCUT2D eigenvalue weighted by Gasteiger charge is -2.34. The fourth-order valence-corrected chi connectivity index (χ4v) is 2.77. The van der Waals surface area contributed by atoms with E-state index < -0.39 is 0 Å². The van der Waals surface area contributed by atoms with Gasteiger partial charge in [-0.1, -0.05) is 42.5 Å². The fourth-order valence-electron chi connectivity index (χ4n) is 2.77. The SMILES string of the molecule is C(=C\c1ccccc1)/CN1CCN(CCn2ccnc2)CC1. The highest BCUT2D eigenvalue weighted by Crippen LogP contribution is 2.04. The third-order valence-corrected chi connectivity index (χ3v) is 4.17. The van der Waals surface area contributed by atoms with E-state index in [0.717, 1.165) is 45.8 Å². The van der Waals surface area contributed by atoms with Gasteiger partial charge >= 0.3 is 0 Å². The molecule has 116 valence electrons. The predicted molar refractivity (Wildman–Crippen MR) is 90.6 cm³/mol. The summed E-state index contributed by atoms with van der Waals surface area (Å²) in [5.41, 5.74) is 1.28. The molecule has 0 N–H and O–H groups in total. The molecule has 0 atom stereocenters. The molecule has 0 aliphatic carbocycles. The van der Waals surface area contributed by atoms with Crippen LogP contribution in [0.4, 0.5) is 0 Å². The molecule has 4 heteroatoms. The molecule has 2 heterocycles. The summed E-state index contributed by atoms with van der Waals surface area (Å²) < 4.78 is 2.15. The molecular formula is C18H24N4. The van der Waals surface area contributed by atoms with Gasteiger partial charge in [-0.05, 0) is 5.56 Å². The number of benzene rings is 1. The quantitative estimate of drug-likeness (QED) is 0.817. The van der Waals surface area contributed by atoms with E-state index in [9.17, 15) is 0 Å². The summed E-state index contributed by atoms with van der Waals surface area (Å²) in [6.45, 7) is 7.83. The van der Waals surface area contributed by atoms with Gasteiger partial charge in [-0.15, -0.1) is 0 Å². The predicted octanol–water partition coefficient (Wildman–Crippen LogP) is 2.21. The maximum Gasteiger partial charge on any atom is 0.0946 e. The summed E-state index contributed by atoms with van der Waals surface area (Å²) in [6.07, 6.45) is 10.3. The minimum Gasteiger partial charge on any atom is -0.336 e. The second-order valence-corrected chi connectivity index (χ2v) is 5.76. The molecule has 1 aromatic heterocycles. The van der Waals surface area contributed by atoms with Crippen molar-refractivity contribution < 1.29 is 0 Å². The first-order chi connectivity index (χ1) is 10.9. The van der Waals surface area contributed by atoms with E-state index >= 15 is 0 Å². The van der Waals surface area contributed by atoms with Crippen LogP contribution in [0.5, 0.6) is 0 Å². The molecule has 1 aliphatic rings. The van der Waals surface area contributed by atoms with Crippen molar-refractivity contribution in [1.82, 2.24) is 19.4 Å². The number of piperazine rings is 1. The first kappa shape index (κ1) is 15.0. The van der Waals surface area contributed by atoms with Crippen LogP contribution in [-0.4, -0.2) is 58.6 Å². The Morgan fingerprint density at radius 2 is 1.73 bits per heavy atom. The summed E-state index contributed by atoms with van der Waals surface area (Å²) in [5.74, 6) is 0. The van der Waals surface area contributed by atoms with Gasteiger partial charge in [-0.2, -0.15) is 0 Å². The molecular weight excluding hydrogens is 272 g/mol. The second kappa shape index (κ2) is 7.92. The number of aromatic nitrogens is 2. The van der Waals surface area contributed by atoms with Crippen molar-refractivity contribution in [2.24, 2.45) is 0 Å². The van der Waals surface area contributed by atoms with Gasteiger partial charge in [0, 0.05) is 58.2 Å². The van der Waals surface area contributed by atoms with Crippen molar-refractivity contribution in [3.05, 3.63) is 60.7 Å². The third kappa shape index (κ3) is 4.55. The molecule has 0 unspecified atom stereocenters. The highest BCUT2D eigenvalue weighted by molar-refractivity contribution is 5.48. The van der Waals surface area contributed by atoms with Crippen LogP contribution >= 0.6 is 0 Å². The minimum atomic E-state index is 1.04. The third-order valence-electron chi connectivity index (χ3n) is 4.17. The zero-order chi connectivity index (χ0) is 15.0. The number of rotatable bonds is 6. The van der Waals surface area contributed by atoms with Crippen molar-refractivity contribution in [2.75, 3.05) is 39.3 Å². The van der Waals surface area contributed by atoms with E-state index in [-0.39, 0.29) is 0 Å². The Balaban J connectivity index is 1.36. The molecule has 3 rings (SSSR count). The Hall–Kier alpha value is -1.91. The first-order valence-electron chi connectivity index (χ1n) is 8.02. The maximum absolute atomic E-state index is 4.09. The highest BCUT2D eigenvalue weighted by atomic mass is 15.3. The Kier molecular flexibility index (Phi) is 5.40. The second-order valence-electron chi connectivity index (χ2n) is 5.76. The van der Waals surface area contributed by atoms with Crippen LogP contribution in [0, 0.1) is 0 Å². The summed E-state index contributed by atoms with van der Waals surface area (Å²) in [5, 5.41) is 0. The fraction of sp³-hybridized carbons (Fsp3) is 0.389. The van der Waals surface area contributed by atoms with E-state index in [1.165, 1.54) is 5.56 Å². The zero-order valence-corrected chi connectivity index (χ0v) is 13.0. The largest absolute Gasteiger partial charge is 0.336 e. The molecule has 0 amide bonds. The molecule has 0 radical (unpaired) electrons. The van der Waals surface area contributed by atoms with Gasteiger partial charge in [-0.25, -0.2) is 4.98 Å². The summed E-state index contributed by atoms with van der Waals surface area (Å²) in [6, 6.07) is 10.5. The molecule has 1 saturated heterocycles. The molecule has 1 fully saturated rings. The van der Waals surface area contributed by atoms with Gasteiger partial charge in [-0.3, -0.25) is 9.80 Å². The number of nitrogens with zero attached hydrogens (tertiary/aromatic N) is 4. The van der Waals surface area contributed by atoms with Crippen LogP contribution < -0.4 is 0 Å². The molecule has 2 aromatic rings. The summed E-state index contributed by atoms with van der Waals surface area (Å²) >= 11 is 0. The van der Waals surface area contributed by atoms with E-state index in [4.69, 9.17) is 0 Å². The van der Waals surface area contributed by atoms with Gasteiger partial charge in [0.25, 0.3) is 0 Å². The molecule has 0 bridgehead atoms. The van der Waals surface area contributed by atoms with Crippen LogP contribution in [0.2, 0.25) is 0 Å². The maximum atomic E-state index is 4.09. The standard InChI is InChI=1S/C18H24N4/c1-2-5-18(6-3-1)7-4-9-20-11-13-21(14-12-20)15-16-22-10-8-19-17-22/h1-8,10,17H,9,11-16H2/b7-4+. The Morgan fingerprint density at radius 1 is 0.955 bits per heavy atom. The Labute approximate surface area is 132 Å². The van der Waals surface area contributed by atoms with Crippen LogP contribution in [0.3, 0.4) is 0 Å². The minimum absolute atomic E-state index is 1.04. The van der Waals surface area contributed by atoms with Crippen LogP contribution in [-0.2, 0) is 6.54 Å². The molecule has 0 saturated carbocycles. The van der Waals surface area contributed by atoms with Gasteiger partial charge in [0.15, 0.2) is 0 Å². The molecule has 1 aromatic carbocycles. The van der Waals surface area contributed by atoms with Gasteiger partial charge < -0.3 is 4.57 Å². The van der Waals surface area contributed by atoms with Crippen molar-refractivity contribution >= 4 is 6.08 Å². The average molecular weight is 296 g/mol. The first-order valence-corrected chi connectivity index (χ1v) is 8.02. The number of hydrogen-bond donors (Lipinski definition) is 0. The number of hydrogen-bond acceptors (Lipinski definition) is 3. The topological polar surface area (TPSA) is 24.3 Å². The molecule has 0 spiro atoms. The Bertz CT molecular complexity index is 554. The number of imidazole rings is 1. The average Bonchev–Trinajstić information content (AvgIpc) is 3.09. The van der Waals surface area contributed by atoms with E-state index in [1.54, 1.807) is 0 Å².